The van der Waals surface area contributed by atoms with Crippen molar-refractivity contribution >= 4 is 0 Å². The molecule has 1 fully saturated rings. The minimum atomic E-state index is -0.623. The Hall–Kier alpha value is -2.84. The number of aromatic nitrogens is 3. The van der Waals surface area contributed by atoms with Gasteiger partial charge in [0.1, 0.15) is 17.6 Å². The molecule has 1 aliphatic carbocycles. The summed E-state index contributed by atoms with van der Waals surface area (Å²) in [5.74, 6) is 8.05. The van der Waals surface area contributed by atoms with E-state index in [9.17, 15) is 5.11 Å². The van der Waals surface area contributed by atoms with E-state index in [1.807, 2.05) is 41.1 Å². The van der Waals surface area contributed by atoms with Crippen LogP contribution >= 0.6 is 0 Å². The van der Waals surface area contributed by atoms with E-state index in [1.165, 1.54) is 12.8 Å². The van der Waals surface area contributed by atoms with Gasteiger partial charge >= 0.3 is 0 Å². The highest BCUT2D eigenvalue weighted by Gasteiger charge is 2.38. The number of rotatable bonds is 5. The Morgan fingerprint density at radius 3 is 2.74 bits per heavy atom. The molecular weight excluding hydrogens is 338 g/mol. The molecular formula is C22H23N3O2. The Morgan fingerprint density at radius 1 is 1.30 bits per heavy atom. The molecule has 0 saturated heterocycles. The molecule has 5 heteroatoms. The Kier molecular flexibility index (Phi) is 4.59. The van der Waals surface area contributed by atoms with Crippen molar-refractivity contribution in [2.75, 3.05) is 0 Å². The SMILES string of the molecule is CCC1(C#Cc2ccc(-c3cc(Cn4ccnc4[C@H](C)O)no3)cc2)CC1. The minimum absolute atomic E-state index is 0.275. The highest BCUT2D eigenvalue weighted by molar-refractivity contribution is 5.59. The van der Waals surface area contributed by atoms with Crippen molar-refractivity contribution in [3.63, 3.8) is 0 Å². The summed E-state index contributed by atoms with van der Waals surface area (Å²) >= 11 is 0. The lowest BCUT2D eigenvalue weighted by Crippen LogP contribution is -2.07. The molecule has 1 aromatic carbocycles. The molecule has 3 aromatic rings. The van der Waals surface area contributed by atoms with Crippen molar-refractivity contribution < 1.29 is 9.63 Å². The first kappa shape index (κ1) is 17.6. The highest BCUT2D eigenvalue weighted by atomic mass is 16.5. The molecule has 0 radical (unpaired) electrons. The van der Waals surface area contributed by atoms with Gasteiger partial charge in [-0.3, -0.25) is 0 Å². The lowest BCUT2D eigenvalue weighted by Gasteiger charge is -2.07. The summed E-state index contributed by atoms with van der Waals surface area (Å²) in [4.78, 5) is 4.17. The molecule has 0 amide bonds. The molecule has 2 heterocycles. The van der Waals surface area contributed by atoms with Crippen molar-refractivity contribution in [3.05, 3.63) is 59.8 Å². The van der Waals surface area contributed by atoms with Gasteiger partial charge in [-0.2, -0.15) is 0 Å². The monoisotopic (exact) mass is 361 g/mol. The summed E-state index contributed by atoms with van der Waals surface area (Å²) in [6.07, 6.45) is 6.46. The summed E-state index contributed by atoms with van der Waals surface area (Å²) in [5.41, 5.74) is 3.06. The maximum atomic E-state index is 9.76. The molecule has 0 bridgehead atoms. The fourth-order valence-electron chi connectivity index (χ4n) is 3.16. The van der Waals surface area contributed by atoms with Crippen LogP contribution in [0, 0.1) is 17.3 Å². The second-order valence-electron chi connectivity index (χ2n) is 7.23. The van der Waals surface area contributed by atoms with Crippen molar-refractivity contribution in [2.45, 2.75) is 45.8 Å². The zero-order valence-corrected chi connectivity index (χ0v) is 15.6. The number of aliphatic hydroxyl groups excluding tert-OH is 1. The molecule has 138 valence electrons. The van der Waals surface area contributed by atoms with E-state index in [0.29, 0.717) is 12.4 Å². The molecule has 27 heavy (non-hydrogen) atoms. The van der Waals surface area contributed by atoms with Gasteiger partial charge in [0.05, 0.1) is 6.54 Å². The van der Waals surface area contributed by atoms with Crippen LogP contribution in [0.15, 0.2) is 47.2 Å². The van der Waals surface area contributed by atoms with Crippen molar-refractivity contribution in [1.82, 2.24) is 14.7 Å². The van der Waals surface area contributed by atoms with Crippen molar-refractivity contribution in [2.24, 2.45) is 5.41 Å². The molecule has 0 aliphatic heterocycles. The van der Waals surface area contributed by atoms with Crippen LogP contribution in [0.3, 0.4) is 0 Å². The summed E-state index contributed by atoms with van der Waals surface area (Å²) in [5, 5.41) is 13.9. The van der Waals surface area contributed by atoms with Crippen LogP contribution in [0.2, 0.25) is 0 Å². The highest BCUT2D eigenvalue weighted by Crippen LogP contribution is 2.47. The summed E-state index contributed by atoms with van der Waals surface area (Å²) in [6.45, 7) is 4.41. The zero-order valence-electron chi connectivity index (χ0n) is 15.6. The van der Waals surface area contributed by atoms with Gasteiger partial charge in [-0.05, 0) is 50.5 Å². The molecule has 1 N–H and O–H groups in total. The lowest BCUT2D eigenvalue weighted by atomic mass is 10.0. The smallest absolute Gasteiger partial charge is 0.167 e. The first-order chi connectivity index (χ1) is 13.1. The van der Waals surface area contributed by atoms with Gasteiger partial charge < -0.3 is 14.2 Å². The van der Waals surface area contributed by atoms with E-state index in [-0.39, 0.29) is 5.41 Å². The normalized spacial score (nSPS) is 15.8. The second kappa shape index (κ2) is 7.05. The average Bonchev–Trinajstić information content (AvgIpc) is 3.07. The van der Waals surface area contributed by atoms with E-state index >= 15 is 0 Å². The maximum Gasteiger partial charge on any atom is 0.167 e. The van der Waals surface area contributed by atoms with E-state index < -0.39 is 6.10 Å². The lowest BCUT2D eigenvalue weighted by molar-refractivity contribution is 0.184. The molecule has 1 aliphatic rings. The molecule has 4 rings (SSSR count). The van der Waals surface area contributed by atoms with Gasteiger partial charge in [0.2, 0.25) is 0 Å². The molecule has 1 atom stereocenters. The predicted octanol–water partition coefficient (Wildman–Crippen LogP) is 4.18. The number of aliphatic hydroxyl groups is 1. The first-order valence-electron chi connectivity index (χ1n) is 9.37. The summed E-state index contributed by atoms with van der Waals surface area (Å²) in [7, 11) is 0. The molecule has 0 spiro atoms. The Morgan fingerprint density at radius 2 is 2.07 bits per heavy atom. The Balaban J connectivity index is 1.47. The average molecular weight is 361 g/mol. The van der Waals surface area contributed by atoms with Crippen LogP contribution in [-0.4, -0.2) is 19.8 Å². The van der Waals surface area contributed by atoms with Gasteiger partial charge in [0.25, 0.3) is 0 Å². The molecule has 2 aromatic heterocycles. The molecule has 0 unspecified atom stereocenters. The number of nitrogens with zero attached hydrogens (tertiary/aromatic N) is 3. The Bertz CT molecular complexity index is 982. The second-order valence-corrected chi connectivity index (χ2v) is 7.23. The van der Waals surface area contributed by atoms with Gasteiger partial charge in [-0.1, -0.05) is 23.9 Å². The van der Waals surface area contributed by atoms with Crippen molar-refractivity contribution in [1.29, 1.82) is 0 Å². The number of hydrogen-bond acceptors (Lipinski definition) is 4. The van der Waals surface area contributed by atoms with Crippen LogP contribution in [0.25, 0.3) is 11.3 Å². The van der Waals surface area contributed by atoms with Gasteiger partial charge in [0, 0.05) is 35.0 Å². The van der Waals surface area contributed by atoms with E-state index in [2.05, 4.69) is 28.9 Å². The van der Waals surface area contributed by atoms with Gasteiger partial charge in [-0.15, -0.1) is 0 Å². The minimum Gasteiger partial charge on any atom is -0.385 e. The van der Waals surface area contributed by atoms with Crippen molar-refractivity contribution in [3.8, 4) is 23.2 Å². The molecule has 5 nitrogen and oxygen atoms in total. The van der Waals surface area contributed by atoms with Crippen LogP contribution in [0.4, 0.5) is 0 Å². The first-order valence-corrected chi connectivity index (χ1v) is 9.37. The third-order valence-corrected chi connectivity index (χ3v) is 5.18. The standard InChI is InChI=1S/C22H23N3O2/c1-3-22(10-11-22)9-8-17-4-6-18(7-5-17)20-14-19(24-27-20)15-25-13-12-23-21(25)16(2)26/h4-7,12-14,16,26H,3,10-11,15H2,1-2H3/t16-/m0/s1. The third-order valence-electron chi connectivity index (χ3n) is 5.18. The maximum absolute atomic E-state index is 9.76. The van der Waals surface area contributed by atoms with Crippen LogP contribution in [0.1, 0.15) is 56.3 Å². The van der Waals surface area contributed by atoms with E-state index in [4.69, 9.17) is 4.52 Å². The van der Waals surface area contributed by atoms with Crippen LogP contribution in [-0.2, 0) is 6.54 Å². The van der Waals surface area contributed by atoms with E-state index in [0.717, 1.165) is 29.0 Å². The Labute approximate surface area is 159 Å². The van der Waals surface area contributed by atoms with Gasteiger partial charge in [0.15, 0.2) is 5.76 Å². The fourth-order valence-corrected chi connectivity index (χ4v) is 3.16. The number of hydrogen-bond donors (Lipinski definition) is 1. The number of imidazole rings is 1. The summed E-state index contributed by atoms with van der Waals surface area (Å²) < 4.78 is 7.37. The zero-order chi connectivity index (χ0) is 18.9. The quantitative estimate of drug-likeness (QED) is 0.693. The topological polar surface area (TPSA) is 64.1 Å². The third kappa shape index (κ3) is 3.81. The predicted molar refractivity (Wildman–Crippen MR) is 103 cm³/mol. The molecule has 1 saturated carbocycles. The fraction of sp³-hybridized carbons (Fsp3) is 0.364. The van der Waals surface area contributed by atoms with Crippen LogP contribution < -0.4 is 0 Å². The van der Waals surface area contributed by atoms with E-state index in [1.54, 1.807) is 13.1 Å². The largest absolute Gasteiger partial charge is 0.385 e. The summed E-state index contributed by atoms with van der Waals surface area (Å²) in [6, 6.07) is 9.99. The van der Waals surface area contributed by atoms with Gasteiger partial charge in [-0.25, -0.2) is 4.98 Å². The number of benzene rings is 1. The van der Waals surface area contributed by atoms with Crippen LogP contribution in [0.5, 0.6) is 0 Å².